The second kappa shape index (κ2) is 5.43. The van der Waals surface area contributed by atoms with Crippen LogP contribution >= 0.6 is 0 Å². The van der Waals surface area contributed by atoms with Crippen molar-refractivity contribution in [3.8, 4) is 0 Å². The maximum absolute atomic E-state index is 13.6. The van der Waals surface area contributed by atoms with E-state index >= 15 is 0 Å². The molecule has 0 saturated carbocycles. The highest BCUT2D eigenvalue weighted by molar-refractivity contribution is 5.50. The second-order valence-corrected chi connectivity index (χ2v) is 4.04. The van der Waals surface area contributed by atoms with Crippen LogP contribution in [-0.2, 0) is 6.54 Å². The van der Waals surface area contributed by atoms with Gasteiger partial charge >= 0.3 is 0 Å². The second-order valence-electron chi connectivity index (χ2n) is 4.04. The standard InChI is InChI=1S/C13H12FN3O2/c1-9-3-2-6-15-13(9)8-16-12-5-4-10(17(18)19)7-11(12)14/h2-7,16H,8H2,1H3. The van der Waals surface area contributed by atoms with E-state index in [9.17, 15) is 14.5 Å². The molecule has 0 saturated heterocycles. The highest BCUT2D eigenvalue weighted by atomic mass is 19.1. The summed E-state index contributed by atoms with van der Waals surface area (Å²) in [6, 6.07) is 7.25. The highest BCUT2D eigenvalue weighted by Crippen LogP contribution is 2.21. The number of hydrogen-bond donors (Lipinski definition) is 1. The Bertz CT molecular complexity index is 617. The zero-order valence-corrected chi connectivity index (χ0v) is 10.3. The molecule has 1 aromatic heterocycles. The van der Waals surface area contributed by atoms with E-state index in [-0.39, 0.29) is 11.4 Å². The summed E-state index contributed by atoms with van der Waals surface area (Å²) in [5, 5.41) is 13.4. The Balaban J connectivity index is 2.12. The minimum Gasteiger partial charge on any atom is -0.377 e. The molecule has 0 aliphatic carbocycles. The van der Waals surface area contributed by atoms with Gasteiger partial charge in [0.25, 0.3) is 5.69 Å². The number of aryl methyl sites for hydroxylation is 1. The number of nitrogens with zero attached hydrogens (tertiary/aromatic N) is 2. The highest BCUT2D eigenvalue weighted by Gasteiger charge is 2.10. The molecule has 0 unspecified atom stereocenters. The Labute approximate surface area is 109 Å². The number of anilines is 1. The molecule has 0 amide bonds. The van der Waals surface area contributed by atoms with Gasteiger partial charge in [0, 0.05) is 12.3 Å². The van der Waals surface area contributed by atoms with E-state index in [1.54, 1.807) is 6.20 Å². The monoisotopic (exact) mass is 261 g/mol. The van der Waals surface area contributed by atoms with Crippen molar-refractivity contribution in [1.82, 2.24) is 4.98 Å². The van der Waals surface area contributed by atoms with Crippen LogP contribution in [0.15, 0.2) is 36.5 Å². The van der Waals surface area contributed by atoms with E-state index in [0.717, 1.165) is 17.3 Å². The molecule has 0 bridgehead atoms. The number of aromatic nitrogens is 1. The van der Waals surface area contributed by atoms with E-state index in [2.05, 4.69) is 10.3 Å². The van der Waals surface area contributed by atoms with Gasteiger partial charge < -0.3 is 5.32 Å². The van der Waals surface area contributed by atoms with E-state index in [1.807, 2.05) is 19.1 Å². The third-order valence-corrected chi connectivity index (χ3v) is 2.73. The quantitative estimate of drug-likeness (QED) is 0.678. The van der Waals surface area contributed by atoms with Crippen molar-refractivity contribution in [2.24, 2.45) is 0 Å². The fourth-order valence-corrected chi connectivity index (χ4v) is 1.64. The van der Waals surface area contributed by atoms with E-state index in [1.165, 1.54) is 12.1 Å². The van der Waals surface area contributed by atoms with E-state index in [0.29, 0.717) is 6.54 Å². The molecule has 2 aromatic rings. The summed E-state index contributed by atoms with van der Waals surface area (Å²) in [7, 11) is 0. The van der Waals surface area contributed by atoms with Crippen molar-refractivity contribution < 1.29 is 9.31 Å². The average Bonchev–Trinajstić information content (AvgIpc) is 2.39. The zero-order valence-electron chi connectivity index (χ0n) is 10.3. The normalized spacial score (nSPS) is 10.2. The summed E-state index contributed by atoms with van der Waals surface area (Å²) in [6.07, 6.45) is 1.66. The summed E-state index contributed by atoms with van der Waals surface area (Å²) in [5.74, 6) is -0.650. The first-order valence-electron chi connectivity index (χ1n) is 5.66. The molecule has 0 fully saturated rings. The molecule has 1 aromatic carbocycles. The summed E-state index contributed by atoms with van der Waals surface area (Å²) in [4.78, 5) is 14.0. The first kappa shape index (κ1) is 12.9. The summed E-state index contributed by atoms with van der Waals surface area (Å²) < 4.78 is 13.6. The number of nitrogens with one attached hydrogen (secondary N) is 1. The van der Waals surface area contributed by atoms with Crippen molar-refractivity contribution in [3.63, 3.8) is 0 Å². The van der Waals surface area contributed by atoms with Crippen LogP contribution in [-0.4, -0.2) is 9.91 Å². The maximum Gasteiger partial charge on any atom is 0.272 e. The minimum absolute atomic E-state index is 0.218. The number of halogens is 1. The molecule has 0 aliphatic heterocycles. The molecule has 0 spiro atoms. The molecule has 0 aliphatic rings. The molecule has 5 nitrogen and oxygen atoms in total. The molecule has 0 radical (unpaired) electrons. The van der Waals surface area contributed by atoms with Gasteiger partial charge in [0.2, 0.25) is 0 Å². The molecule has 98 valence electrons. The van der Waals surface area contributed by atoms with E-state index < -0.39 is 10.7 Å². The van der Waals surface area contributed by atoms with Crippen molar-refractivity contribution in [2.75, 3.05) is 5.32 Å². The molecule has 19 heavy (non-hydrogen) atoms. The van der Waals surface area contributed by atoms with Gasteiger partial charge in [-0.25, -0.2) is 4.39 Å². The van der Waals surface area contributed by atoms with Gasteiger partial charge in [-0.3, -0.25) is 15.1 Å². The van der Waals surface area contributed by atoms with Crippen molar-refractivity contribution in [3.05, 3.63) is 63.7 Å². The molecule has 6 heteroatoms. The van der Waals surface area contributed by atoms with Crippen molar-refractivity contribution >= 4 is 11.4 Å². The number of pyridine rings is 1. The molecule has 0 atom stereocenters. The number of rotatable bonds is 4. The Hall–Kier alpha value is -2.50. The fraction of sp³-hybridized carbons (Fsp3) is 0.154. The third kappa shape index (κ3) is 3.04. The molecule has 1 N–H and O–H groups in total. The van der Waals surface area contributed by atoms with E-state index in [4.69, 9.17) is 0 Å². The van der Waals surface area contributed by atoms with Crippen LogP contribution in [0.2, 0.25) is 0 Å². The molecular formula is C13H12FN3O2. The maximum atomic E-state index is 13.6. The number of nitro benzene ring substituents is 1. The van der Waals surface area contributed by atoms with Crippen LogP contribution in [0.3, 0.4) is 0 Å². The Morgan fingerprint density at radius 1 is 1.42 bits per heavy atom. The van der Waals surface area contributed by atoms with Crippen LogP contribution in [0.1, 0.15) is 11.3 Å². The van der Waals surface area contributed by atoms with Gasteiger partial charge in [0.05, 0.1) is 28.9 Å². The predicted octanol–water partition coefficient (Wildman–Crippen LogP) is 3.05. The van der Waals surface area contributed by atoms with Crippen LogP contribution in [0, 0.1) is 22.9 Å². The Kier molecular flexibility index (Phi) is 3.70. The first-order chi connectivity index (χ1) is 9.08. The lowest BCUT2D eigenvalue weighted by Gasteiger charge is -2.08. The average molecular weight is 261 g/mol. The molecule has 1 heterocycles. The summed E-state index contributed by atoms with van der Waals surface area (Å²) >= 11 is 0. The van der Waals surface area contributed by atoms with Gasteiger partial charge in [0.15, 0.2) is 5.82 Å². The lowest BCUT2D eigenvalue weighted by molar-refractivity contribution is -0.385. The van der Waals surface area contributed by atoms with Gasteiger partial charge in [-0.2, -0.15) is 0 Å². The zero-order chi connectivity index (χ0) is 13.8. The van der Waals surface area contributed by atoms with Crippen LogP contribution in [0.5, 0.6) is 0 Å². The van der Waals surface area contributed by atoms with Crippen LogP contribution in [0.25, 0.3) is 0 Å². The van der Waals surface area contributed by atoms with Gasteiger partial charge in [0.1, 0.15) is 0 Å². The number of hydrogen-bond acceptors (Lipinski definition) is 4. The summed E-state index contributed by atoms with van der Waals surface area (Å²) in [6.45, 7) is 2.28. The van der Waals surface area contributed by atoms with Crippen molar-refractivity contribution in [1.29, 1.82) is 0 Å². The fourth-order valence-electron chi connectivity index (χ4n) is 1.64. The minimum atomic E-state index is -0.650. The third-order valence-electron chi connectivity index (χ3n) is 2.73. The van der Waals surface area contributed by atoms with Crippen LogP contribution in [0.4, 0.5) is 15.8 Å². The predicted molar refractivity (Wildman–Crippen MR) is 69.4 cm³/mol. The van der Waals surface area contributed by atoms with Crippen molar-refractivity contribution in [2.45, 2.75) is 13.5 Å². The van der Waals surface area contributed by atoms with Gasteiger partial charge in [-0.1, -0.05) is 6.07 Å². The lowest BCUT2D eigenvalue weighted by atomic mass is 10.2. The largest absolute Gasteiger partial charge is 0.377 e. The molecular weight excluding hydrogens is 249 g/mol. The lowest BCUT2D eigenvalue weighted by Crippen LogP contribution is -2.05. The topological polar surface area (TPSA) is 68.1 Å². The Morgan fingerprint density at radius 2 is 2.21 bits per heavy atom. The summed E-state index contributed by atoms with van der Waals surface area (Å²) in [5.41, 5.74) is 1.75. The number of nitro groups is 1. The number of benzene rings is 1. The SMILES string of the molecule is Cc1cccnc1CNc1ccc([N+](=O)[O-])cc1F. The van der Waals surface area contributed by atoms with Crippen LogP contribution < -0.4 is 5.32 Å². The number of non-ortho nitro benzene ring substituents is 1. The van der Waals surface area contributed by atoms with Gasteiger partial charge in [-0.15, -0.1) is 0 Å². The first-order valence-corrected chi connectivity index (χ1v) is 5.66. The smallest absolute Gasteiger partial charge is 0.272 e. The molecule has 2 rings (SSSR count). The Morgan fingerprint density at radius 3 is 2.84 bits per heavy atom. The van der Waals surface area contributed by atoms with Gasteiger partial charge in [-0.05, 0) is 24.6 Å².